The van der Waals surface area contributed by atoms with Gasteiger partial charge in [-0.05, 0) is 5.56 Å². The summed E-state index contributed by atoms with van der Waals surface area (Å²) in [5, 5.41) is 34.4. The molecule has 7 N–H and O–H groups in total. The maximum Gasteiger partial charge on any atom is 0.430 e. The van der Waals surface area contributed by atoms with Gasteiger partial charge in [0.1, 0.15) is 12.5 Å². The molecule has 0 aliphatic rings. The van der Waals surface area contributed by atoms with Crippen LogP contribution in [0.1, 0.15) is 5.56 Å². The third-order valence-corrected chi connectivity index (χ3v) is 3.54. The van der Waals surface area contributed by atoms with E-state index < -0.39 is 59.9 Å². The number of rotatable bonds is 10. The molecule has 0 spiro atoms. The number of non-ortho nitro benzene ring substituents is 1. The van der Waals surface area contributed by atoms with Crippen molar-refractivity contribution in [2.24, 2.45) is 0 Å². The number of amides is 3. The van der Waals surface area contributed by atoms with Crippen molar-refractivity contribution in [2.45, 2.75) is 18.6 Å². The zero-order valence-corrected chi connectivity index (χ0v) is 17.2. The molecule has 1 rings (SSSR count). The number of carboxylic acids is 2. The van der Waals surface area contributed by atoms with Gasteiger partial charge in [0.15, 0.2) is 6.04 Å². The van der Waals surface area contributed by atoms with Crippen LogP contribution in [0.15, 0.2) is 24.3 Å². The Morgan fingerprint density at radius 2 is 1.41 bits per heavy atom. The summed E-state index contributed by atoms with van der Waals surface area (Å²) in [5.74, 6) is -6.02. The highest BCUT2D eigenvalue weighted by atomic mass is 19.4. The number of carbonyl (C=O) groups is 5. The van der Waals surface area contributed by atoms with Crippen LogP contribution < -0.4 is 26.8 Å². The molecule has 34 heavy (non-hydrogen) atoms. The molecule has 3 amide bonds. The van der Waals surface area contributed by atoms with Crippen LogP contribution in [0.2, 0.25) is 0 Å². The molecule has 0 saturated heterocycles. The second-order valence-corrected chi connectivity index (χ2v) is 6.27. The van der Waals surface area contributed by atoms with Gasteiger partial charge in [-0.1, -0.05) is 12.1 Å². The summed E-state index contributed by atoms with van der Waals surface area (Å²) in [6.07, 6.45) is -4.97. The largest absolute Gasteiger partial charge is 0.542 e. The lowest BCUT2D eigenvalue weighted by molar-refractivity contribution is -0.403. The minimum Gasteiger partial charge on any atom is -0.542 e. The Morgan fingerprint density at radius 1 is 0.971 bits per heavy atom. The maximum absolute atomic E-state index is 11.9. The van der Waals surface area contributed by atoms with Gasteiger partial charge in [-0.3, -0.25) is 29.3 Å². The number of nitrogens with zero attached hydrogens (tertiary/aromatic N) is 1. The summed E-state index contributed by atoms with van der Waals surface area (Å²) in [6, 6.07) is 4.96. The highest BCUT2D eigenvalue weighted by Crippen LogP contribution is 2.13. The zero-order valence-electron chi connectivity index (χ0n) is 17.2. The number of hydrogen-bond acceptors (Lipinski definition) is 8. The fourth-order valence-corrected chi connectivity index (χ4v) is 1.92. The monoisotopic (exact) mass is 495 g/mol. The Kier molecular flexibility index (Phi) is 12.2. The topological polar surface area (TPSA) is 236 Å². The van der Waals surface area contributed by atoms with E-state index in [9.17, 15) is 42.5 Å². The van der Waals surface area contributed by atoms with Crippen LogP contribution in [0.5, 0.6) is 0 Å². The maximum atomic E-state index is 11.9. The molecule has 0 radical (unpaired) electrons. The van der Waals surface area contributed by atoms with Gasteiger partial charge in [0.25, 0.3) is 11.6 Å². The van der Waals surface area contributed by atoms with E-state index in [0.717, 1.165) is 0 Å². The van der Waals surface area contributed by atoms with Crippen molar-refractivity contribution in [3.05, 3.63) is 39.9 Å². The number of aliphatic carboxylic acids is 2. The van der Waals surface area contributed by atoms with Crippen molar-refractivity contribution in [1.82, 2.24) is 16.0 Å². The van der Waals surface area contributed by atoms with Gasteiger partial charge in [0.05, 0.1) is 18.0 Å². The first-order valence-corrected chi connectivity index (χ1v) is 9.01. The number of halogens is 3. The smallest absolute Gasteiger partial charge is 0.430 e. The van der Waals surface area contributed by atoms with Crippen LogP contribution in [-0.2, 0) is 30.4 Å². The lowest BCUT2D eigenvalue weighted by Gasteiger charge is -2.10. The van der Waals surface area contributed by atoms with Gasteiger partial charge in [0.2, 0.25) is 11.8 Å². The minimum absolute atomic E-state index is 0.0622. The summed E-state index contributed by atoms with van der Waals surface area (Å²) >= 11 is 0. The highest BCUT2D eigenvalue weighted by molar-refractivity contribution is 5.89. The Bertz CT molecular complexity index is 907. The summed E-state index contributed by atoms with van der Waals surface area (Å²) in [4.78, 5) is 63.9. The van der Waals surface area contributed by atoms with E-state index in [0.29, 0.717) is 5.56 Å². The molecule has 0 heterocycles. The molecule has 0 bridgehead atoms. The first-order chi connectivity index (χ1) is 15.6. The van der Waals surface area contributed by atoms with Crippen molar-refractivity contribution < 1.29 is 58.0 Å². The molecular formula is C17H20F3N5O9. The molecular weight excluding hydrogens is 475 g/mol. The van der Waals surface area contributed by atoms with Crippen LogP contribution in [0.25, 0.3) is 0 Å². The fourth-order valence-electron chi connectivity index (χ4n) is 1.92. The number of alkyl halides is 3. The van der Waals surface area contributed by atoms with E-state index in [-0.39, 0.29) is 18.7 Å². The fraction of sp³-hybridized carbons (Fsp3) is 0.353. The summed E-state index contributed by atoms with van der Waals surface area (Å²) in [7, 11) is 0. The van der Waals surface area contributed by atoms with Gasteiger partial charge < -0.3 is 36.7 Å². The Balaban J connectivity index is 0.00000135. The molecule has 17 heteroatoms. The van der Waals surface area contributed by atoms with E-state index in [4.69, 9.17) is 15.0 Å². The molecule has 1 atom stereocenters. The number of nitro groups is 1. The number of nitrogens with one attached hydrogen (secondary N) is 3. The Labute approximate surface area is 188 Å². The van der Waals surface area contributed by atoms with Crippen LogP contribution >= 0.6 is 0 Å². The van der Waals surface area contributed by atoms with Crippen LogP contribution in [0.3, 0.4) is 0 Å². The molecule has 0 saturated carbocycles. The highest BCUT2D eigenvalue weighted by Gasteiger charge is 2.28. The van der Waals surface area contributed by atoms with E-state index in [1.807, 2.05) is 0 Å². The standard InChI is InChI=1S/C15H19N5O7.C2HF3O2/c16-11(5-9-1-3-10(4-2-9)20(26)27)15(25)19-7-13(22)17-6-12(21)18-8-14(23)24;3-2(4,5)1(6)7/h1-4,11H,5-8,16H2,(H,17,22)(H,18,21)(H,19,25)(H,23,24);(H,6,7)/t11-;/m0./s1. The molecule has 0 fully saturated rings. The quantitative estimate of drug-likeness (QED) is 0.159. The van der Waals surface area contributed by atoms with Crippen molar-refractivity contribution >= 4 is 35.3 Å². The number of quaternary nitrogens is 1. The van der Waals surface area contributed by atoms with E-state index in [2.05, 4.69) is 21.7 Å². The lowest BCUT2D eigenvalue weighted by Crippen LogP contribution is -2.68. The van der Waals surface area contributed by atoms with E-state index >= 15 is 0 Å². The van der Waals surface area contributed by atoms with Crippen molar-refractivity contribution in [3.8, 4) is 0 Å². The van der Waals surface area contributed by atoms with Crippen molar-refractivity contribution in [1.29, 1.82) is 0 Å². The predicted octanol–water partition coefficient (Wildman–Crippen LogP) is -3.52. The number of benzene rings is 1. The molecule has 0 unspecified atom stereocenters. The molecule has 0 aromatic heterocycles. The Hall–Kier alpha value is -4.28. The van der Waals surface area contributed by atoms with Gasteiger partial charge in [-0.25, -0.2) is 0 Å². The van der Waals surface area contributed by atoms with Gasteiger partial charge in [-0.2, -0.15) is 13.2 Å². The zero-order chi connectivity index (χ0) is 26.5. The summed E-state index contributed by atoms with van der Waals surface area (Å²) < 4.78 is 31.5. The number of carboxylic acid groups (broad SMARTS) is 2. The van der Waals surface area contributed by atoms with Gasteiger partial charge in [-0.15, -0.1) is 0 Å². The lowest BCUT2D eigenvalue weighted by atomic mass is 10.1. The molecule has 188 valence electrons. The molecule has 1 aromatic carbocycles. The normalized spacial score (nSPS) is 11.2. The SMILES string of the molecule is O=C([O-])C(F)(F)F.[NH3+][C@@H](Cc1ccc([N+](=O)[O-])cc1)C(=O)NCC(=O)NCC(=O)NCC(=O)O. The third kappa shape index (κ3) is 13.2. The average molecular weight is 495 g/mol. The van der Waals surface area contributed by atoms with E-state index in [1.54, 1.807) is 0 Å². The van der Waals surface area contributed by atoms with Crippen LogP contribution in [0.4, 0.5) is 18.9 Å². The first-order valence-electron chi connectivity index (χ1n) is 9.01. The molecule has 14 nitrogen and oxygen atoms in total. The molecule has 1 aromatic rings. The minimum atomic E-state index is -5.19. The van der Waals surface area contributed by atoms with Crippen molar-refractivity contribution in [3.63, 3.8) is 0 Å². The predicted molar refractivity (Wildman–Crippen MR) is 101 cm³/mol. The number of nitro benzene ring substituents is 1. The van der Waals surface area contributed by atoms with Crippen LogP contribution in [0, 0.1) is 10.1 Å². The second kappa shape index (κ2) is 14.0. The number of carbonyl (C=O) groups excluding carboxylic acids is 4. The van der Waals surface area contributed by atoms with E-state index in [1.165, 1.54) is 24.3 Å². The summed E-state index contributed by atoms with van der Waals surface area (Å²) in [6.45, 7) is -1.35. The first kappa shape index (κ1) is 29.7. The summed E-state index contributed by atoms with van der Waals surface area (Å²) in [5.41, 5.74) is 4.30. The van der Waals surface area contributed by atoms with Gasteiger partial charge in [0, 0.05) is 18.6 Å². The number of hydrogen-bond donors (Lipinski definition) is 5. The third-order valence-electron chi connectivity index (χ3n) is 3.54. The van der Waals surface area contributed by atoms with Gasteiger partial charge >= 0.3 is 12.1 Å². The average Bonchev–Trinajstić information content (AvgIpc) is 2.74. The van der Waals surface area contributed by atoms with Crippen LogP contribution in [-0.4, -0.2) is 71.5 Å². The molecule has 0 aliphatic heterocycles. The Morgan fingerprint density at radius 3 is 1.82 bits per heavy atom. The molecule has 0 aliphatic carbocycles. The van der Waals surface area contributed by atoms with Crippen molar-refractivity contribution in [2.75, 3.05) is 19.6 Å². The second-order valence-electron chi connectivity index (χ2n) is 6.27.